The highest BCUT2D eigenvalue weighted by Crippen LogP contribution is 2.40. The van der Waals surface area contributed by atoms with Crippen LogP contribution in [0.5, 0.6) is 0 Å². The normalized spacial score (nSPS) is 14.2. The van der Waals surface area contributed by atoms with Crippen LogP contribution in [0.4, 0.5) is 4.39 Å². The summed E-state index contributed by atoms with van der Waals surface area (Å²) in [4.78, 5) is 12.8. The van der Waals surface area contributed by atoms with Crippen molar-refractivity contribution in [1.82, 2.24) is 0 Å². The first kappa shape index (κ1) is 10.1. The van der Waals surface area contributed by atoms with E-state index in [4.69, 9.17) is 0 Å². The SMILES string of the molecule is O=C1Cc2ccc(F)cc2Sc2sccc21. The van der Waals surface area contributed by atoms with E-state index in [0.29, 0.717) is 6.42 Å². The molecule has 0 fully saturated rings. The lowest BCUT2D eigenvalue weighted by Gasteiger charge is -2.03. The Bertz CT molecular complexity index is 574. The molecule has 16 heavy (non-hydrogen) atoms. The molecule has 1 aliphatic heterocycles. The quantitative estimate of drug-likeness (QED) is 0.708. The van der Waals surface area contributed by atoms with Crippen LogP contribution < -0.4 is 0 Å². The van der Waals surface area contributed by atoms with E-state index in [1.54, 1.807) is 6.07 Å². The molecule has 0 N–H and O–H groups in total. The van der Waals surface area contributed by atoms with Gasteiger partial charge >= 0.3 is 0 Å². The second-order valence-electron chi connectivity index (χ2n) is 3.58. The second-order valence-corrected chi connectivity index (χ2v) is 5.80. The molecule has 1 aromatic heterocycles. The zero-order valence-electron chi connectivity index (χ0n) is 8.20. The number of halogens is 1. The number of ketones is 1. The van der Waals surface area contributed by atoms with Gasteiger partial charge in [0.1, 0.15) is 5.82 Å². The van der Waals surface area contributed by atoms with E-state index in [9.17, 15) is 9.18 Å². The topological polar surface area (TPSA) is 17.1 Å². The van der Waals surface area contributed by atoms with Gasteiger partial charge in [-0.3, -0.25) is 4.79 Å². The molecule has 0 saturated heterocycles. The molecule has 0 aliphatic carbocycles. The van der Waals surface area contributed by atoms with Crippen LogP contribution in [0, 0.1) is 5.82 Å². The monoisotopic (exact) mass is 250 g/mol. The average Bonchev–Trinajstić information content (AvgIpc) is 2.65. The van der Waals surface area contributed by atoms with E-state index >= 15 is 0 Å². The lowest BCUT2D eigenvalue weighted by molar-refractivity contribution is 0.0991. The smallest absolute Gasteiger partial charge is 0.169 e. The van der Waals surface area contributed by atoms with Gasteiger partial charge in [0, 0.05) is 16.9 Å². The minimum Gasteiger partial charge on any atom is -0.294 e. The fourth-order valence-electron chi connectivity index (χ4n) is 1.72. The molecular weight excluding hydrogens is 243 g/mol. The molecular formula is C12H7FOS2. The van der Waals surface area contributed by atoms with Crippen molar-refractivity contribution in [3.63, 3.8) is 0 Å². The maximum atomic E-state index is 13.1. The number of rotatable bonds is 0. The molecule has 3 rings (SSSR count). The van der Waals surface area contributed by atoms with Crippen molar-refractivity contribution in [2.24, 2.45) is 0 Å². The first-order valence-electron chi connectivity index (χ1n) is 4.81. The zero-order chi connectivity index (χ0) is 11.1. The number of hydrogen-bond acceptors (Lipinski definition) is 3. The molecule has 2 aromatic rings. The highest BCUT2D eigenvalue weighted by molar-refractivity contribution is 8.01. The summed E-state index contributed by atoms with van der Waals surface area (Å²) in [6, 6.07) is 6.46. The van der Waals surface area contributed by atoms with Gasteiger partial charge in [0.15, 0.2) is 5.78 Å². The number of thiophene rings is 1. The average molecular weight is 250 g/mol. The van der Waals surface area contributed by atoms with Gasteiger partial charge < -0.3 is 0 Å². The van der Waals surface area contributed by atoms with E-state index in [1.165, 1.54) is 35.2 Å². The Morgan fingerprint density at radius 1 is 1.25 bits per heavy atom. The molecule has 1 nitrogen and oxygen atoms in total. The summed E-state index contributed by atoms with van der Waals surface area (Å²) in [6.07, 6.45) is 0.367. The van der Waals surface area contributed by atoms with Crippen molar-refractivity contribution in [1.29, 1.82) is 0 Å². The lowest BCUT2D eigenvalue weighted by Crippen LogP contribution is -2.01. The Morgan fingerprint density at radius 3 is 3.00 bits per heavy atom. The van der Waals surface area contributed by atoms with E-state index < -0.39 is 0 Å². The Labute approximate surface area is 100 Å². The van der Waals surface area contributed by atoms with Crippen LogP contribution in [0.2, 0.25) is 0 Å². The van der Waals surface area contributed by atoms with Crippen LogP contribution >= 0.6 is 23.1 Å². The number of Topliss-reactive ketones (excluding diaryl/α,β-unsaturated/α-hetero) is 1. The summed E-state index contributed by atoms with van der Waals surface area (Å²) in [5, 5.41) is 1.90. The minimum absolute atomic E-state index is 0.120. The second kappa shape index (κ2) is 3.71. The molecule has 4 heteroatoms. The molecule has 0 unspecified atom stereocenters. The first-order chi connectivity index (χ1) is 7.74. The predicted molar refractivity (Wildman–Crippen MR) is 62.9 cm³/mol. The van der Waals surface area contributed by atoms with Gasteiger partial charge in [-0.25, -0.2) is 4.39 Å². The third-order valence-corrected chi connectivity index (χ3v) is 4.76. The van der Waals surface area contributed by atoms with Crippen LogP contribution in [0.25, 0.3) is 0 Å². The minimum atomic E-state index is -0.251. The first-order valence-corrected chi connectivity index (χ1v) is 6.50. The van der Waals surface area contributed by atoms with Gasteiger partial charge in [0.25, 0.3) is 0 Å². The molecule has 80 valence electrons. The number of carbonyl (C=O) groups is 1. The standard InChI is InChI=1S/C12H7FOS2/c13-8-2-1-7-5-10(14)9-3-4-15-12(9)16-11(7)6-8/h1-4,6H,5H2. The van der Waals surface area contributed by atoms with Crippen LogP contribution in [-0.4, -0.2) is 5.78 Å². The Kier molecular flexibility index (Phi) is 2.33. The summed E-state index contributed by atoms with van der Waals surface area (Å²) in [5.74, 6) is -0.132. The molecule has 0 amide bonds. The van der Waals surface area contributed by atoms with E-state index in [-0.39, 0.29) is 11.6 Å². The summed E-state index contributed by atoms with van der Waals surface area (Å²) in [6.45, 7) is 0. The van der Waals surface area contributed by atoms with Crippen LogP contribution in [0.3, 0.4) is 0 Å². The van der Waals surface area contributed by atoms with Crippen molar-refractivity contribution in [2.75, 3.05) is 0 Å². The van der Waals surface area contributed by atoms with Crippen molar-refractivity contribution in [2.45, 2.75) is 15.5 Å². The van der Waals surface area contributed by atoms with E-state index in [2.05, 4.69) is 0 Å². The zero-order valence-corrected chi connectivity index (χ0v) is 9.83. The summed E-state index contributed by atoms with van der Waals surface area (Å²) < 4.78 is 14.1. The number of hydrogen-bond donors (Lipinski definition) is 0. The fraction of sp³-hybridized carbons (Fsp3) is 0.0833. The Morgan fingerprint density at radius 2 is 2.12 bits per heavy atom. The van der Waals surface area contributed by atoms with Crippen molar-refractivity contribution >= 4 is 28.9 Å². The fourth-order valence-corrected chi connectivity index (χ4v) is 3.92. The van der Waals surface area contributed by atoms with Gasteiger partial charge in [-0.2, -0.15) is 0 Å². The van der Waals surface area contributed by atoms with Crippen molar-refractivity contribution in [3.05, 3.63) is 46.6 Å². The van der Waals surface area contributed by atoms with Crippen molar-refractivity contribution < 1.29 is 9.18 Å². The largest absolute Gasteiger partial charge is 0.294 e. The molecule has 0 radical (unpaired) electrons. The van der Waals surface area contributed by atoms with Crippen LogP contribution in [0.1, 0.15) is 15.9 Å². The van der Waals surface area contributed by atoms with E-state index in [1.807, 2.05) is 11.4 Å². The maximum Gasteiger partial charge on any atom is 0.169 e. The summed E-state index contributed by atoms with van der Waals surface area (Å²) in [5.41, 5.74) is 1.69. The molecule has 0 atom stereocenters. The highest BCUT2D eigenvalue weighted by Gasteiger charge is 2.21. The van der Waals surface area contributed by atoms with E-state index in [0.717, 1.165) is 20.2 Å². The van der Waals surface area contributed by atoms with Crippen LogP contribution in [-0.2, 0) is 6.42 Å². The van der Waals surface area contributed by atoms with Gasteiger partial charge in [-0.15, -0.1) is 11.3 Å². The molecule has 0 spiro atoms. The maximum absolute atomic E-state index is 13.1. The van der Waals surface area contributed by atoms with Gasteiger partial charge in [-0.1, -0.05) is 17.8 Å². The third-order valence-electron chi connectivity index (χ3n) is 2.51. The molecule has 2 heterocycles. The summed E-state index contributed by atoms with van der Waals surface area (Å²) >= 11 is 3.02. The lowest BCUT2D eigenvalue weighted by atomic mass is 10.1. The highest BCUT2D eigenvalue weighted by atomic mass is 32.2. The van der Waals surface area contributed by atoms with Crippen molar-refractivity contribution in [3.8, 4) is 0 Å². The van der Waals surface area contributed by atoms with Gasteiger partial charge in [0.2, 0.25) is 0 Å². The number of carbonyl (C=O) groups excluding carboxylic acids is 1. The molecule has 0 bridgehead atoms. The van der Waals surface area contributed by atoms with Gasteiger partial charge in [0.05, 0.1) is 4.21 Å². The molecule has 0 saturated carbocycles. The summed E-state index contributed by atoms with van der Waals surface area (Å²) in [7, 11) is 0. The van der Waals surface area contributed by atoms with Gasteiger partial charge in [-0.05, 0) is 29.1 Å². The molecule has 1 aromatic carbocycles. The Balaban J connectivity index is 2.17. The predicted octanol–water partition coefficient (Wildman–Crippen LogP) is 3.78. The van der Waals surface area contributed by atoms with Crippen LogP contribution in [0.15, 0.2) is 38.8 Å². The molecule has 1 aliphatic rings. The number of fused-ring (bicyclic) bond motifs is 2. The third kappa shape index (κ3) is 1.58. The number of benzene rings is 1. The Hall–Kier alpha value is -1.13.